The number of benzene rings is 1. The Hall–Kier alpha value is -3.11. The van der Waals surface area contributed by atoms with Crippen LogP contribution in [0.4, 0.5) is 4.79 Å². The Kier molecular flexibility index (Phi) is 5.95. The molecule has 2 fully saturated rings. The largest absolute Gasteiger partial charge is 0.392 e. The summed E-state index contributed by atoms with van der Waals surface area (Å²) in [6.45, 7) is 6.26. The molecule has 1 aromatic carbocycles. The number of amides is 3. The number of piperidine rings is 1. The van der Waals surface area contributed by atoms with E-state index >= 15 is 0 Å². The number of likely N-dealkylation sites (N-methyl/N-ethyl adjacent to an activating group) is 1. The molecule has 10 heteroatoms. The molecule has 3 amide bonds. The third-order valence-electron chi connectivity index (χ3n) is 6.46. The van der Waals surface area contributed by atoms with Gasteiger partial charge >= 0.3 is 12.0 Å². The van der Waals surface area contributed by atoms with E-state index in [1.54, 1.807) is 7.05 Å². The lowest BCUT2D eigenvalue weighted by molar-refractivity contribution is -0.544. The Morgan fingerprint density at radius 1 is 1.29 bits per heavy atom. The van der Waals surface area contributed by atoms with E-state index in [4.69, 9.17) is 10.7 Å². The lowest BCUT2D eigenvalue weighted by Gasteiger charge is -2.34. The summed E-state index contributed by atoms with van der Waals surface area (Å²) in [7, 11) is 1.69. The topological polar surface area (TPSA) is 98.1 Å². The number of para-hydroxylation sites is 1. The Morgan fingerprint density at radius 3 is 2.82 bits per heavy atom. The summed E-state index contributed by atoms with van der Waals surface area (Å²) in [5, 5.41) is 0.733. The van der Waals surface area contributed by atoms with Gasteiger partial charge in [-0.15, -0.1) is 11.3 Å². The Balaban J connectivity index is 1.51. The van der Waals surface area contributed by atoms with Gasteiger partial charge in [-0.25, -0.2) is 14.7 Å². The highest BCUT2D eigenvalue weighted by Crippen LogP contribution is 2.28. The Morgan fingerprint density at radius 2 is 2.09 bits per heavy atom. The molecule has 0 saturated carbocycles. The molecule has 34 heavy (non-hydrogen) atoms. The maximum Gasteiger partial charge on any atom is 0.392 e. The summed E-state index contributed by atoms with van der Waals surface area (Å²) in [4.78, 5) is 41.3. The summed E-state index contributed by atoms with van der Waals surface area (Å²) in [5.41, 5.74) is 8.27. The minimum absolute atomic E-state index is 0.0694. The van der Waals surface area contributed by atoms with Gasteiger partial charge in [-0.3, -0.25) is 19.2 Å². The first-order valence-corrected chi connectivity index (χ1v) is 12.4. The molecule has 3 aliphatic heterocycles. The number of nitrogens with zero attached hydrogens (tertiary/aromatic N) is 6. The molecule has 1 aromatic heterocycles. The molecule has 3 aliphatic rings. The molecule has 1 unspecified atom stereocenters. The van der Waals surface area contributed by atoms with Crippen molar-refractivity contribution in [2.75, 3.05) is 26.7 Å². The number of allylic oxidation sites excluding steroid dienone is 1. The molecule has 0 bridgehead atoms. The van der Waals surface area contributed by atoms with Gasteiger partial charge in [0.25, 0.3) is 5.91 Å². The van der Waals surface area contributed by atoms with Crippen LogP contribution in [0.3, 0.4) is 0 Å². The average Bonchev–Trinajstić information content (AvgIpc) is 3.40. The third kappa shape index (κ3) is 4.01. The molecule has 2 aromatic rings. The van der Waals surface area contributed by atoms with Gasteiger partial charge in [0.15, 0.2) is 0 Å². The molecule has 0 spiro atoms. The number of imide groups is 1. The van der Waals surface area contributed by atoms with Gasteiger partial charge in [-0.1, -0.05) is 28.8 Å². The van der Waals surface area contributed by atoms with Gasteiger partial charge in [0.2, 0.25) is 11.9 Å². The van der Waals surface area contributed by atoms with Crippen molar-refractivity contribution in [3.63, 3.8) is 0 Å². The Bertz CT molecular complexity index is 1210. The number of hydrogen-bond donors (Lipinski definition) is 1. The molecular formula is C24H30N7O2S+. The lowest BCUT2D eigenvalue weighted by Crippen LogP contribution is -2.63. The number of nitrogens with two attached hydrogens (primary N) is 1. The van der Waals surface area contributed by atoms with Crippen molar-refractivity contribution in [1.29, 1.82) is 0 Å². The third-order valence-corrected chi connectivity index (χ3v) is 7.48. The van der Waals surface area contributed by atoms with E-state index < -0.39 is 6.04 Å². The predicted octanol–water partition coefficient (Wildman–Crippen LogP) is 2.23. The van der Waals surface area contributed by atoms with Crippen LogP contribution in [0.25, 0.3) is 10.2 Å². The van der Waals surface area contributed by atoms with Gasteiger partial charge in [0.1, 0.15) is 5.01 Å². The summed E-state index contributed by atoms with van der Waals surface area (Å²) in [6.07, 6.45) is 4.04. The van der Waals surface area contributed by atoms with E-state index in [1.807, 2.05) is 43.0 Å². The number of rotatable bonds is 4. The zero-order chi connectivity index (χ0) is 24.0. The standard InChI is InChI=1S/C24H30N7O2S/c1-15(2)10-12-30-20-21(27-23(30)29-11-6-7-16(25)13-29)28(3)24(33)31(22(20)32)14-19-26-17-8-4-5-9-18(17)34-19/h4-5,8-10,16,20H,6-7,11-14,25H2,1-3H3/q+1/t16-,20?/m0/s1. The number of urea groups is 1. The fourth-order valence-corrected chi connectivity index (χ4v) is 5.64. The quantitative estimate of drug-likeness (QED) is 0.535. The number of aromatic nitrogens is 1. The maximum atomic E-state index is 13.8. The van der Waals surface area contributed by atoms with Crippen LogP contribution in [-0.2, 0) is 11.3 Å². The van der Waals surface area contributed by atoms with Crippen LogP contribution < -0.4 is 5.73 Å². The number of hydrogen-bond acceptors (Lipinski definition) is 5. The van der Waals surface area contributed by atoms with Crippen molar-refractivity contribution in [1.82, 2.24) is 19.7 Å². The summed E-state index contributed by atoms with van der Waals surface area (Å²) < 4.78 is 3.19. The van der Waals surface area contributed by atoms with Crippen molar-refractivity contribution in [3.8, 4) is 0 Å². The molecule has 2 saturated heterocycles. The second-order valence-electron chi connectivity index (χ2n) is 9.30. The van der Waals surface area contributed by atoms with Crippen LogP contribution >= 0.6 is 11.3 Å². The zero-order valence-electron chi connectivity index (χ0n) is 19.8. The van der Waals surface area contributed by atoms with Crippen LogP contribution in [0.2, 0.25) is 0 Å². The molecule has 2 N–H and O–H groups in total. The molecule has 4 heterocycles. The highest BCUT2D eigenvalue weighted by atomic mass is 32.1. The number of guanidine groups is 1. The molecule has 9 nitrogen and oxygen atoms in total. The van der Waals surface area contributed by atoms with Crippen molar-refractivity contribution < 1.29 is 14.2 Å². The molecule has 5 rings (SSSR count). The fraction of sp³-hybridized carbons (Fsp3) is 0.458. The number of aliphatic imine (C=N–C) groups is 1. The number of carbonyl (C=O) groups is 2. The molecule has 2 atom stereocenters. The van der Waals surface area contributed by atoms with E-state index in [0.717, 1.165) is 46.1 Å². The highest BCUT2D eigenvalue weighted by molar-refractivity contribution is 7.18. The molecule has 0 aliphatic carbocycles. The van der Waals surface area contributed by atoms with Crippen LogP contribution in [0.1, 0.15) is 31.7 Å². The van der Waals surface area contributed by atoms with Crippen LogP contribution in [0, 0.1) is 0 Å². The number of carbonyl (C=O) groups excluding carboxylic acids is 2. The van der Waals surface area contributed by atoms with Gasteiger partial charge in [0, 0.05) is 13.1 Å². The number of amidine groups is 1. The van der Waals surface area contributed by atoms with Crippen molar-refractivity contribution in [2.45, 2.75) is 45.3 Å². The van der Waals surface area contributed by atoms with Crippen molar-refractivity contribution >= 4 is 45.3 Å². The lowest BCUT2D eigenvalue weighted by atomic mass is 10.1. The van der Waals surface area contributed by atoms with E-state index in [2.05, 4.69) is 15.6 Å². The second-order valence-corrected chi connectivity index (χ2v) is 10.4. The maximum absolute atomic E-state index is 13.8. The van der Waals surface area contributed by atoms with E-state index in [9.17, 15) is 9.59 Å². The number of thiazole rings is 1. The minimum atomic E-state index is -0.652. The van der Waals surface area contributed by atoms with Crippen molar-refractivity contribution in [3.05, 3.63) is 40.9 Å². The summed E-state index contributed by atoms with van der Waals surface area (Å²) >= 11 is 1.50. The summed E-state index contributed by atoms with van der Waals surface area (Å²) in [5.74, 6) is 0.939. The van der Waals surface area contributed by atoms with Crippen LogP contribution in [-0.4, -0.2) is 86.8 Å². The second kappa shape index (κ2) is 8.92. The molecule has 0 radical (unpaired) electrons. The van der Waals surface area contributed by atoms with Crippen molar-refractivity contribution in [2.24, 2.45) is 10.7 Å². The van der Waals surface area contributed by atoms with E-state index in [0.29, 0.717) is 18.9 Å². The first kappa shape index (κ1) is 22.7. The first-order valence-electron chi connectivity index (χ1n) is 11.6. The first-order chi connectivity index (χ1) is 16.3. The smallest absolute Gasteiger partial charge is 0.325 e. The average molecular weight is 481 g/mol. The molecular weight excluding hydrogens is 450 g/mol. The van der Waals surface area contributed by atoms with E-state index in [-0.39, 0.29) is 24.5 Å². The molecule has 178 valence electrons. The van der Waals surface area contributed by atoms with Gasteiger partial charge in [-0.2, -0.15) is 0 Å². The van der Waals surface area contributed by atoms with Crippen LogP contribution in [0.15, 0.2) is 40.9 Å². The van der Waals surface area contributed by atoms with Gasteiger partial charge in [-0.05, 0) is 38.8 Å². The monoisotopic (exact) mass is 480 g/mol. The Labute approximate surface area is 202 Å². The minimum Gasteiger partial charge on any atom is -0.325 e. The van der Waals surface area contributed by atoms with Gasteiger partial charge in [0.05, 0.1) is 36.4 Å². The SMILES string of the molecule is CC(C)=CCN1C(=[N+]2CCC[C@H](N)C2)N=C2C1C(=O)N(Cc1nc3ccccc3s1)C(=O)N2C. The predicted molar refractivity (Wildman–Crippen MR) is 133 cm³/mol. The highest BCUT2D eigenvalue weighted by Gasteiger charge is 2.56. The number of fused-ring (bicyclic) bond motifs is 2. The zero-order valence-corrected chi connectivity index (χ0v) is 20.6. The van der Waals surface area contributed by atoms with Gasteiger partial charge < -0.3 is 5.73 Å². The van der Waals surface area contributed by atoms with E-state index in [1.165, 1.54) is 21.1 Å². The summed E-state index contributed by atoms with van der Waals surface area (Å²) in [6, 6.07) is 6.87. The van der Waals surface area contributed by atoms with Crippen LogP contribution in [0.5, 0.6) is 0 Å². The fourth-order valence-electron chi connectivity index (χ4n) is 4.69. The normalized spacial score (nSPS) is 25.2.